The van der Waals surface area contributed by atoms with E-state index < -0.39 is 9.04 Å². The first-order valence-electron chi connectivity index (χ1n) is 6.43. The van der Waals surface area contributed by atoms with Crippen LogP contribution in [0.25, 0.3) is 6.08 Å². The molecule has 0 atom stereocenters. The van der Waals surface area contributed by atoms with Crippen LogP contribution in [0, 0.1) is 0 Å². The van der Waals surface area contributed by atoms with Crippen molar-refractivity contribution in [2.45, 2.75) is 39.3 Å². The van der Waals surface area contributed by atoms with Gasteiger partial charge in [0.05, 0.1) is 6.61 Å². The summed E-state index contributed by atoms with van der Waals surface area (Å²) in [5.74, 6) is 0.939. The second-order valence-corrected chi connectivity index (χ2v) is 8.09. The molecular weight excluding hydrogens is 240 g/mol. The Morgan fingerprint density at radius 1 is 1.28 bits per heavy atom. The zero-order valence-electron chi connectivity index (χ0n) is 12.0. The van der Waals surface area contributed by atoms with Crippen LogP contribution in [0.4, 0.5) is 0 Å². The van der Waals surface area contributed by atoms with Gasteiger partial charge in [-0.15, -0.1) is 0 Å². The SMILES string of the molecule is C[SiH](C)Oc1cc(C(C)(C)C)ccc1/C=C/CO. The van der Waals surface area contributed by atoms with Crippen molar-refractivity contribution in [2.75, 3.05) is 6.61 Å². The molecule has 0 aliphatic carbocycles. The highest BCUT2D eigenvalue weighted by Crippen LogP contribution is 2.29. The maximum atomic E-state index is 8.87. The van der Waals surface area contributed by atoms with Crippen molar-refractivity contribution in [3.8, 4) is 5.75 Å². The molecule has 18 heavy (non-hydrogen) atoms. The summed E-state index contributed by atoms with van der Waals surface area (Å²) in [6.45, 7) is 11.0. The first kappa shape index (κ1) is 15.0. The van der Waals surface area contributed by atoms with Crippen LogP contribution in [0.3, 0.4) is 0 Å². The number of hydrogen-bond acceptors (Lipinski definition) is 2. The largest absolute Gasteiger partial charge is 0.547 e. The molecule has 0 spiro atoms. The summed E-state index contributed by atoms with van der Waals surface area (Å²) in [6.07, 6.45) is 3.65. The first-order chi connectivity index (χ1) is 8.34. The summed E-state index contributed by atoms with van der Waals surface area (Å²) in [4.78, 5) is 0. The number of aliphatic hydroxyl groups is 1. The van der Waals surface area contributed by atoms with E-state index >= 15 is 0 Å². The van der Waals surface area contributed by atoms with E-state index in [2.05, 4.69) is 52.1 Å². The first-order valence-corrected chi connectivity index (χ1v) is 9.21. The minimum absolute atomic E-state index is 0.0551. The molecule has 100 valence electrons. The summed E-state index contributed by atoms with van der Waals surface area (Å²) >= 11 is 0. The van der Waals surface area contributed by atoms with Crippen molar-refractivity contribution >= 4 is 15.1 Å². The molecule has 0 unspecified atom stereocenters. The van der Waals surface area contributed by atoms with E-state index in [1.165, 1.54) is 5.56 Å². The molecule has 1 aromatic carbocycles. The van der Waals surface area contributed by atoms with Crippen LogP contribution < -0.4 is 4.43 Å². The predicted octanol–water partition coefficient (Wildman–Crippen LogP) is 3.35. The molecule has 0 fully saturated rings. The van der Waals surface area contributed by atoms with Crippen molar-refractivity contribution in [2.24, 2.45) is 0 Å². The van der Waals surface area contributed by atoms with E-state index in [0.717, 1.165) is 11.3 Å². The molecule has 0 bridgehead atoms. The smallest absolute Gasteiger partial charge is 0.229 e. The summed E-state index contributed by atoms with van der Waals surface area (Å²) in [5, 5.41) is 8.87. The summed E-state index contributed by atoms with van der Waals surface area (Å²) < 4.78 is 5.98. The molecule has 0 saturated heterocycles. The highest BCUT2D eigenvalue weighted by molar-refractivity contribution is 6.49. The van der Waals surface area contributed by atoms with Crippen LogP contribution in [0.1, 0.15) is 31.9 Å². The second kappa shape index (κ2) is 6.21. The third kappa shape index (κ3) is 4.31. The number of aliphatic hydroxyl groups excluding tert-OH is 1. The highest BCUT2D eigenvalue weighted by Gasteiger charge is 2.16. The van der Waals surface area contributed by atoms with E-state index in [-0.39, 0.29) is 12.0 Å². The fourth-order valence-corrected chi connectivity index (χ4v) is 2.39. The number of benzene rings is 1. The Hall–Kier alpha value is -1.06. The molecule has 0 aromatic heterocycles. The van der Waals surface area contributed by atoms with Crippen molar-refractivity contribution in [3.63, 3.8) is 0 Å². The number of rotatable bonds is 4. The monoisotopic (exact) mass is 264 g/mol. The molecule has 3 heteroatoms. The highest BCUT2D eigenvalue weighted by atomic mass is 28.3. The number of hydrogen-bond donors (Lipinski definition) is 1. The van der Waals surface area contributed by atoms with Crippen LogP contribution in [0.2, 0.25) is 13.1 Å². The average molecular weight is 264 g/mol. The van der Waals surface area contributed by atoms with Gasteiger partial charge in [-0.3, -0.25) is 0 Å². The Morgan fingerprint density at radius 2 is 1.94 bits per heavy atom. The van der Waals surface area contributed by atoms with Gasteiger partial charge in [-0.05, 0) is 30.1 Å². The quantitative estimate of drug-likeness (QED) is 0.845. The molecule has 0 aliphatic rings. The third-order valence-electron chi connectivity index (χ3n) is 2.65. The molecule has 0 radical (unpaired) electrons. The Bertz CT molecular complexity index is 417. The van der Waals surface area contributed by atoms with Gasteiger partial charge in [0, 0.05) is 5.56 Å². The molecule has 1 aromatic rings. The van der Waals surface area contributed by atoms with Gasteiger partial charge in [-0.1, -0.05) is 45.1 Å². The van der Waals surface area contributed by atoms with Gasteiger partial charge in [0.25, 0.3) is 0 Å². The lowest BCUT2D eigenvalue weighted by Gasteiger charge is -2.22. The van der Waals surface area contributed by atoms with Crippen molar-refractivity contribution < 1.29 is 9.53 Å². The van der Waals surface area contributed by atoms with Crippen LogP contribution in [0.15, 0.2) is 24.3 Å². The summed E-state index contributed by atoms with van der Waals surface area (Å²) in [7, 11) is -1.13. The fraction of sp³-hybridized carbons (Fsp3) is 0.467. The van der Waals surface area contributed by atoms with E-state index in [4.69, 9.17) is 9.53 Å². The van der Waals surface area contributed by atoms with Crippen LogP contribution in [-0.2, 0) is 5.41 Å². The maximum absolute atomic E-state index is 8.87. The van der Waals surface area contributed by atoms with E-state index in [9.17, 15) is 0 Å². The fourth-order valence-electron chi connectivity index (χ4n) is 1.67. The van der Waals surface area contributed by atoms with Crippen molar-refractivity contribution in [1.29, 1.82) is 0 Å². The minimum Gasteiger partial charge on any atom is -0.547 e. The van der Waals surface area contributed by atoms with Gasteiger partial charge in [0.2, 0.25) is 9.04 Å². The lowest BCUT2D eigenvalue weighted by molar-refractivity contribution is 0.343. The topological polar surface area (TPSA) is 29.5 Å². The Balaban J connectivity index is 3.16. The third-order valence-corrected chi connectivity index (χ3v) is 3.37. The van der Waals surface area contributed by atoms with Crippen molar-refractivity contribution in [3.05, 3.63) is 35.4 Å². The van der Waals surface area contributed by atoms with Gasteiger partial charge in [-0.2, -0.15) is 0 Å². The molecule has 0 saturated carbocycles. The molecule has 2 nitrogen and oxygen atoms in total. The lowest BCUT2D eigenvalue weighted by Crippen LogP contribution is -2.15. The Morgan fingerprint density at radius 3 is 2.44 bits per heavy atom. The van der Waals surface area contributed by atoms with Gasteiger partial charge in [-0.25, -0.2) is 0 Å². The minimum atomic E-state index is -1.13. The van der Waals surface area contributed by atoms with Crippen LogP contribution in [0.5, 0.6) is 5.75 Å². The zero-order chi connectivity index (χ0) is 13.8. The standard InChI is InChI=1S/C15H24O2Si/c1-15(2,3)13-9-8-12(7-6-10-16)14(11-13)17-18(4)5/h6-9,11,16,18H,10H2,1-5H3/b7-6+. The van der Waals surface area contributed by atoms with E-state index in [0.29, 0.717) is 0 Å². The van der Waals surface area contributed by atoms with Crippen LogP contribution in [-0.4, -0.2) is 20.8 Å². The lowest BCUT2D eigenvalue weighted by atomic mass is 9.86. The molecule has 0 aliphatic heterocycles. The predicted molar refractivity (Wildman–Crippen MR) is 80.8 cm³/mol. The van der Waals surface area contributed by atoms with Gasteiger partial charge in [0.1, 0.15) is 5.75 Å². The summed E-state index contributed by atoms with van der Waals surface area (Å²) in [6, 6.07) is 6.33. The molecule has 0 heterocycles. The maximum Gasteiger partial charge on any atom is 0.229 e. The average Bonchev–Trinajstić information content (AvgIpc) is 2.25. The van der Waals surface area contributed by atoms with Crippen molar-refractivity contribution in [1.82, 2.24) is 0 Å². The molecular formula is C15H24O2Si. The Kier molecular flexibility index (Phi) is 5.17. The van der Waals surface area contributed by atoms with E-state index in [1.54, 1.807) is 6.08 Å². The normalized spacial score (nSPS) is 12.4. The van der Waals surface area contributed by atoms with Gasteiger partial charge < -0.3 is 9.53 Å². The van der Waals surface area contributed by atoms with Gasteiger partial charge in [0.15, 0.2) is 0 Å². The Labute approximate surface area is 112 Å². The zero-order valence-corrected chi connectivity index (χ0v) is 13.2. The molecule has 1 rings (SSSR count). The van der Waals surface area contributed by atoms with Crippen LogP contribution >= 0.6 is 0 Å². The molecule has 0 amide bonds. The summed E-state index contributed by atoms with van der Waals surface area (Å²) in [5.41, 5.74) is 2.43. The molecule has 1 N–H and O–H groups in total. The van der Waals surface area contributed by atoms with E-state index in [1.807, 2.05) is 6.08 Å². The van der Waals surface area contributed by atoms with Gasteiger partial charge >= 0.3 is 0 Å². The second-order valence-electron chi connectivity index (χ2n) is 5.75.